The van der Waals surface area contributed by atoms with E-state index in [2.05, 4.69) is 42.6 Å². The van der Waals surface area contributed by atoms with Gasteiger partial charge in [0, 0.05) is 31.4 Å². The fourth-order valence-electron chi connectivity index (χ4n) is 2.92. The molecular weight excluding hydrogens is 453 g/mol. The minimum atomic E-state index is 0. The number of hydrogen-bond donors (Lipinski definition) is 2. The van der Waals surface area contributed by atoms with E-state index in [1.165, 1.54) is 11.3 Å². The Bertz CT molecular complexity index is 742. The van der Waals surface area contributed by atoms with Crippen molar-refractivity contribution in [3.8, 4) is 5.75 Å². The average Bonchev–Trinajstić information content (AvgIpc) is 2.87. The van der Waals surface area contributed by atoms with Crippen LogP contribution in [-0.2, 0) is 20.0 Å². The summed E-state index contributed by atoms with van der Waals surface area (Å²) in [5.41, 5.74) is 4.71. The molecule has 0 aliphatic heterocycles. The van der Waals surface area contributed by atoms with Crippen LogP contribution in [-0.4, -0.2) is 35.4 Å². The lowest BCUT2D eigenvalue weighted by atomic mass is 10.1. The lowest BCUT2D eigenvalue weighted by Crippen LogP contribution is -2.38. The molecule has 6 nitrogen and oxygen atoms in total. The molecule has 0 radical (unpaired) electrons. The van der Waals surface area contributed by atoms with E-state index >= 15 is 0 Å². The van der Waals surface area contributed by atoms with Gasteiger partial charge in [-0.05, 0) is 45.7 Å². The van der Waals surface area contributed by atoms with Crippen LogP contribution in [0.15, 0.2) is 29.3 Å². The van der Waals surface area contributed by atoms with Crippen molar-refractivity contribution in [1.82, 2.24) is 20.4 Å². The molecule has 0 spiro atoms. The van der Waals surface area contributed by atoms with Crippen LogP contribution in [0.3, 0.4) is 0 Å². The smallest absolute Gasteiger partial charge is 0.191 e. The number of guanidine groups is 1. The molecular formula is C20H32IN5O. The van der Waals surface area contributed by atoms with E-state index in [-0.39, 0.29) is 24.0 Å². The second-order valence-electron chi connectivity index (χ2n) is 6.19. The summed E-state index contributed by atoms with van der Waals surface area (Å²) < 4.78 is 7.62. The summed E-state index contributed by atoms with van der Waals surface area (Å²) in [6.07, 6.45) is 0.922. The first kappa shape index (κ1) is 23.3. The van der Waals surface area contributed by atoms with Gasteiger partial charge >= 0.3 is 0 Å². The molecule has 0 unspecified atom stereocenters. The van der Waals surface area contributed by atoms with Crippen molar-refractivity contribution in [1.29, 1.82) is 0 Å². The van der Waals surface area contributed by atoms with Gasteiger partial charge < -0.3 is 15.4 Å². The van der Waals surface area contributed by atoms with Gasteiger partial charge in [-0.2, -0.15) is 5.10 Å². The molecule has 27 heavy (non-hydrogen) atoms. The van der Waals surface area contributed by atoms with Gasteiger partial charge in [0.1, 0.15) is 5.75 Å². The van der Waals surface area contributed by atoms with Crippen molar-refractivity contribution >= 4 is 29.9 Å². The van der Waals surface area contributed by atoms with E-state index in [1.807, 2.05) is 36.9 Å². The number of halogens is 1. The Hall–Kier alpha value is -1.77. The maximum atomic E-state index is 5.68. The molecule has 0 aliphatic rings. The maximum absolute atomic E-state index is 5.68. The topological polar surface area (TPSA) is 63.5 Å². The van der Waals surface area contributed by atoms with Crippen molar-refractivity contribution in [2.45, 2.75) is 40.7 Å². The predicted octanol–water partition coefficient (Wildman–Crippen LogP) is 3.35. The first-order chi connectivity index (χ1) is 12.6. The Kier molecular flexibility index (Phi) is 10.2. The molecule has 0 amide bonds. The van der Waals surface area contributed by atoms with E-state index in [9.17, 15) is 0 Å². The molecule has 0 aliphatic carbocycles. The van der Waals surface area contributed by atoms with Gasteiger partial charge in [0.15, 0.2) is 5.96 Å². The predicted molar refractivity (Wildman–Crippen MR) is 122 cm³/mol. The normalized spacial score (nSPS) is 11.1. The molecule has 0 saturated carbocycles. The summed E-state index contributed by atoms with van der Waals surface area (Å²) in [6.45, 7) is 11.1. The van der Waals surface area contributed by atoms with Crippen molar-refractivity contribution in [3.05, 3.63) is 46.8 Å². The summed E-state index contributed by atoms with van der Waals surface area (Å²) in [5, 5.41) is 11.2. The second kappa shape index (κ2) is 11.8. The number of nitrogens with one attached hydrogen (secondary N) is 2. The SMILES string of the molecule is CCNC(=NCc1ccccc1OCC)NCCc1c(C)nn(C)c1C.I. The summed E-state index contributed by atoms with van der Waals surface area (Å²) in [5.74, 6) is 1.72. The molecule has 2 aromatic rings. The van der Waals surface area contributed by atoms with Gasteiger partial charge in [-0.3, -0.25) is 4.68 Å². The third kappa shape index (κ3) is 6.71. The lowest BCUT2D eigenvalue weighted by Gasteiger charge is -2.13. The summed E-state index contributed by atoms with van der Waals surface area (Å²) in [7, 11) is 1.99. The van der Waals surface area contributed by atoms with Crippen LogP contribution in [0, 0.1) is 13.8 Å². The van der Waals surface area contributed by atoms with E-state index < -0.39 is 0 Å². The van der Waals surface area contributed by atoms with Crippen molar-refractivity contribution < 1.29 is 4.74 Å². The number of nitrogens with zero attached hydrogens (tertiary/aromatic N) is 3. The summed E-state index contributed by atoms with van der Waals surface area (Å²) in [4.78, 5) is 4.70. The van der Waals surface area contributed by atoms with Crippen LogP contribution in [0.2, 0.25) is 0 Å². The zero-order chi connectivity index (χ0) is 18.9. The standard InChI is InChI=1S/C20H31N5O.HI/c1-6-21-20(22-13-12-18-15(3)24-25(5)16(18)4)23-14-17-10-8-9-11-19(17)26-7-2;/h8-11H,6-7,12-14H2,1-5H3,(H2,21,22,23);1H. The van der Waals surface area contributed by atoms with Crippen LogP contribution in [0.5, 0.6) is 5.75 Å². The fourth-order valence-corrected chi connectivity index (χ4v) is 2.92. The molecule has 1 aromatic carbocycles. The molecule has 0 atom stereocenters. The molecule has 0 fully saturated rings. The third-order valence-electron chi connectivity index (χ3n) is 4.35. The highest BCUT2D eigenvalue weighted by atomic mass is 127. The van der Waals surface area contributed by atoms with Crippen LogP contribution >= 0.6 is 24.0 Å². The fraction of sp³-hybridized carbons (Fsp3) is 0.500. The molecule has 1 aromatic heterocycles. The highest BCUT2D eigenvalue weighted by molar-refractivity contribution is 14.0. The van der Waals surface area contributed by atoms with Gasteiger partial charge in [0.25, 0.3) is 0 Å². The Balaban J connectivity index is 0.00000364. The molecule has 0 saturated heterocycles. The maximum Gasteiger partial charge on any atom is 0.191 e. The van der Waals surface area contributed by atoms with E-state index in [0.29, 0.717) is 13.2 Å². The van der Waals surface area contributed by atoms with E-state index in [1.54, 1.807) is 0 Å². The number of para-hydroxylation sites is 1. The van der Waals surface area contributed by atoms with Crippen molar-refractivity contribution in [3.63, 3.8) is 0 Å². The number of benzene rings is 1. The Labute approximate surface area is 179 Å². The monoisotopic (exact) mass is 485 g/mol. The molecule has 7 heteroatoms. The third-order valence-corrected chi connectivity index (χ3v) is 4.35. The summed E-state index contributed by atoms with van der Waals surface area (Å²) >= 11 is 0. The number of hydrogen-bond acceptors (Lipinski definition) is 3. The quantitative estimate of drug-likeness (QED) is 0.342. The number of aliphatic imine (C=N–C) groups is 1. The Morgan fingerprint density at radius 1 is 1.19 bits per heavy atom. The van der Waals surface area contributed by atoms with Crippen LogP contribution < -0.4 is 15.4 Å². The lowest BCUT2D eigenvalue weighted by molar-refractivity contribution is 0.336. The van der Waals surface area contributed by atoms with Crippen LogP contribution in [0.1, 0.15) is 36.4 Å². The second-order valence-corrected chi connectivity index (χ2v) is 6.19. The molecule has 0 bridgehead atoms. The van der Waals surface area contributed by atoms with Crippen molar-refractivity contribution in [2.75, 3.05) is 19.7 Å². The van der Waals surface area contributed by atoms with Crippen molar-refractivity contribution in [2.24, 2.45) is 12.0 Å². The van der Waals surface area contributed by atoms with Gasteiger partial charge in [-0.15, -0.1) is 24.0 Å². The number of aryl methyl sites for hydroxylation is 2. The van der Waals surface area contributed by atoms with E-state index in [0.717, 1.165) is 42.5 Å². The van der Waals surface area contributed by atoms with E-state index in [4.69, 9.17) is 9.73 Å². The first-order valence-corrected chi connectivity index (χ1v) is 9.28. The van der Waals surface area contributed by atoms with Gasteiger partial charge in [-0.25, -0.2) is 4.99 Å². The zero-order valence-electron chi connectivity index (χ0n) is 17.0. The molecule has 1 heterocycles. The number of ether oxygens (including phenoxy) is 1. The Morgan fingerprint density at radius 3 is 2.56 bits per heavy atom. The highest BCUT2D eigenvalue weighted by Gasteiger charge is 2.09. The summed E-state index contributed by atoms with van der Waals surface area (Å²) in [6, 6.07) is 8.05. The Morgan fingerprint density at radius 2 is 1.93 bits per heavy atom. The van der Waals surface area contributed by atoms with Crippen LogP contribution in [0.25, 0.3) is 0 Å². The number of rotatable bonds is 8. The molecule has 2 rings (SSSR count). The van der Waals surface area contributed by atoms with Gasteiger partial charge in [-0.1, -0.05) is 18.2 Å². The first-order valence-electron chi connectivity index (χ1n) is 9.28. The zero-order valence-corrected chi connectivity index (χ0v) is 19.3. The molecule has 150 valence electrons. The average molecular weight is 485 g/mol. The van der Waals surface area contributed by atoms with Gasteiger partial charge in [0.05, 0.1) is 18.8 Å². The number of aromatic nitrogens is 2. The van der Waals surface area contributed by atoms with Gasteiger partial charge in [0.2, 0.25) is 0 Å². The minimum absolute atomic E-state index is 0. The van der Waals surface area contributed by atoms with Crippen LogP contribution in [0.4, 0.5) is 0 Å². The minimum Gasteiger partial charge on any atom is -0.494 e. The molecule has 2 N–H and O–H groups in total. The highest BCUT2D eigenvalue weighted by Crippen LogP contribution is 2.18. The largest absolute Gasteiger partial charge is 0.494 e.